The molecular formula is C16H15BrFN3O. The van der Waals surface area contributed by atoms with Crippen molar-refractivity contribution in [3.05, 3.63) is 64.4 Å². The van der Waals surface area contributed by atoms with Crippen LogP contribution in [0.2, 0.25) is 0 Å². The van der Waals surface area contributed by atoms with Crippen LogP contribution in [0.1, 0.15) is 18.0 Å². The van der Waals surface area contributed by atoms with E-state index in [0.717, 1.165) is 15.7 Å². The summed E-state index contributed by atoms with van der Waals surface area (Å²) < 4.78 is 13.9. The van der Waals surface area contributed by atoms with Crippen molar-refractivity contribution in [1.82, 2.24) is 10.9 Å². The Morgan fingerprint density at radius 1 is 1.09 bits per heavy atom. The van der Waals surface area contributed by atoms with Crippen LogP contribution in [0, 0.1) is 5.82 Å². The third-order valence-corrected chi connectivity index (χ3v) is 4.13. The van der Waals surface area contributed by atoms with E-state index in [0.29, 0.717) is 6.42 Å². The van der Waals surface area contributed by atoms with Crippen LogP contribution < -0.4 is 16.2 Å². The van der Waals surface area contributed by atoms with Crippen LogP contribution in [0.5, 0.6) is 0 Å². The van der Waals surface area contributed by atoms with Gasteiger partial charge in [-0.1, -0.05) is 28.1 Å². The minimum absolute atomic E-state index is 0.0127. The highest BCUT2D eigenvalue weighted by Gasteiger charge is 2.30. The van der Waals surface area contributed by atoms with Crippen molar-refractivity contribution in [3.8, 4) is 0 Å². The average Bonchev–Trinajstić information content (AvgIpc) is 3.00. The van der Waals surface area contributed by atoms with Crippen LogP contribution in [0.25, 0.3) is 0 Å². The van der Waals surface area contributed by atoms with E-state index in [1.807, 2.05) is 24.3 Å². The van der Waals surface area contributed by atoms with E-state index in [2.05, 4.69) is 32.1 Å². The lowest BCUT2D eigenvalue weighted by atomic mass is 10.0. The lowest BCUT2D eigenvalue weighted by Crippen LogP contribution is -2.39. The van der Waals surface area contributed by atoms with Crippen LogP contribution in [-0.2, 0) is 4.79 Å². The molecule has 0 aliphatic carbocycles. The Morgan fingerprint density at radius 3 is 2.45 bits per heavy atom. The summed E-state index contributed by atoms with van der Waals surface area (Å²) in [7, 11) is 0. The summed E-state index contributed by atoms with van der Waals surface area (Å²) in [6.45, 7) is 0. The number of hydrogen-bond acceptors (Lipinski definition) is 3. The summed E-state index contributed by atoms with van der Waals surface area (Å²) in [5, 5.41) is 2.87. The number of halogens is 2. The highest BCUT2D eigenvalue weighted by molar-refractivity contribution is 9.10. The van der Waals surface area contributed by atoms with Crippen LogP contribution in [0.15, 0.2) is 53.0 Å². The molecular weight excluding hydrogens is 349 g/mol. The first-order chi connectivity index (χ1) is 10.6. The van der Waals surface area contributed by atoms with Gasteiger partial charge >= 0.3 is 0 Å². The summed E-state index contributed by atoms with van der Waals surface area (Å²) in [5.74, 6) is -0.362. The molecule has 0 saturated carbocycles. The summed E-state index contributed by atoms with van der Waals surface area (Å²) in [5.41, 5.74) is 7.77. The molecule has 1 aliphatic heterocycles. The van der Waals surface area contributed by atoms with Gasteiger partial charge in [0.05, 0.1) is 0 Å². The minimum Gasteiger partial charge on any atom is -0.325 e. The maximum Gasteiger partial charge on any atom is 0.242 e. The SMILES string of the molecule is O=C(Nc1ccc(Br)cc1)C1CC(c2ccc(F)cc2)NN1. The molecule has 1 heterocycles. The number of hydrogen-bond donors (Lipinski definition) is 3. The second-order valence-electron chi connectivity index (χ2n) is 5.18. The number of anilines is 1. The van der Waals surface area contributed by atoms with E-state index in [9.17, 15) is 9.18 Å². The van der Waals surface area contributed by atoms with Crippen LogP contribution in [-0.4, -0.2) is 11.9 Å². The molecule has 2 aromatic rings. The Labute approximate surface area is 136 Å². The number of carbonyl (C=O) groups excluding carboxylic acids is 1. The van der Waals surface area contributed by atoms with Gasteiger partial charge in [0.25, 0.3) is 0 Å². The van der Waals surface area contributed by atoms with Gasteiger partial charge in [0, 0.05) is 16.2 Å². The molecule has 2 aromatic carbocycles. The molecule has 0 aromatic heterocycles. The second kappa shape index (κ2) is 6.56. The molecule has 0 bridgehead atoms. The fraction of sp³-hybridized carbons (Fsp3) is 0.188. The lowest BCUT2D eigenvalue weighted by Gasteiger charge is -2.11. The van der Waals surface area contributed by atoms with E-state index in [1.54, 1.807) is 12.1 Å². The van der Waals surface area contributed by atoms with Gasteiger partial charge in [-0.25, -0.2) is 15.2 Å². The fourth-order valence-electron chi connectivity index (χ4n) is 2.40. The van der Waals surface area contributed by atoms with Crippen LogP contribution >= 0.6 is 15.9 Å². The highest BCUT2D eigenvalue weighted by Crippen LogP contribution is 2.23. The number of amides is 1. The van der Waals surface area contributed by atoms with Crippen molar-refractivity contribution >= 4 is 27.5 Å². The predicted molar refractivity (Wildman–Crippen MR) is 86.6 cm³/mol. The van der Waals surface area contributed by atoms with Gasteiger partial charge in [-0.2, -0.15) is 0 Å². The summed E-state index contributed by atoms with van der Waals surface area (Å²) in [4.78, 5) is 12.2. The smallest absolute Gasteiger partial charge is 0.242 e. The highest BCUT2D eigenvalue weighted by atomic mass is 79.9. The molecule has 114 valence electrons. The molecule has 3 N–H and O–H groups in total. The normalized spacial score (nSPS) is 20.8. The zero-order valence-electron chi connectivity index (χ0n) is 11.6. The first-order valence-corrected chi connectivity index (χ1v) is 7.74. The first kappa shape index (κ1) is 15.1. The Hall–Kier alpha value is -1.76. The number of hydrazine groups is 1. The standard InChI is InChI=1S/C16H15BrFN3O/c17-11-3-7-13(8-4-11)19-16(22)15-9-14(20-21-15)10-1-5-12(18)6-2-10/h1-8,14-15,20-21H,9H2,(H,19,22). The van der Waals surface area contributed by atoms with Crippen molar-refractivity contribution in [2.45, 2.75) is 18.5 Å². The predicted octanol–water partition coefficient (Wildman–Crippen LogP) is 3.13. The van der Waals surface area contributed by atoms with E-state index < -0.39 is 0 Å². The Kier molecular flexibility index (Phi) is 4.52. The largest absolute Gasteiger partial charge is 0.325 e. The maximum absolute atomic E-state index is 12.9. The molecule has 1 fully saturated rings. The van der Waals surface area contributed by atoms with Gasteiger partial charge in [-0.15, -0.1) is 0 Å². The Bertz CT molecular complexity index is 660. The van der Waals surface area contributed by atoms with E-state index in [4.69, 9.17) is 0 Å². The summed E-state index contributed by atoms with van der Waals surface area (Å²) in [6.07, 6.45) is 0.605. The molecule has 0 spiro atoms. The van der Waals surface area contributed by atoms with Gasteiger partial charge in [0.2, 0.25) is 5.91 Å². The molecule has 2 unspecified atom stereocenters. The lowest BCUT2D eigenvalue weighted by molar-refractivity contribution is -0.117. The van der Waals surface area contributed by atoms with Crippen LogP contribution in [0.4, 0.5) is 10.1 Å². The van der Waals surface area contributed by atoms with Crippen molar-refractivity contribution in [1.29, 1.82) is 0 Å². The number of carbonyl (C=O) groups is 1. The van der Waals surface area contributed by atoms with Gasteiger partial charge in [-0.3, -0.25) is 4.79 Å². The first-order valence-electron chi connectivity index (χ1n) is 6.95. The van der Waals surface area contributed by atoms with Gasteiger partial charge in [0.1, 0.15) is 11.9 Å². The van der Waals surface area contributed by atoms with Crippen molar-refractivity contribution in [2.24, 2.45) is 0 Å². The second-order valence-corrected chi connectivity index (χ2v) is 6.09. The van der Waals surface area contributed by atoms with Crippen LogP contribution in [0.3, 0.4) is 0 Å². The molecule has 2 atom stereocenters. The third-order valence-electron chi connectivity index (χ3n) is 3.60. The van der Waals surface area contributed by atoms with Crippen molar-refractivity contribution in [3.63, 3.8) is 0 Å². The van der Waals surface area contributed by atoms with E-state index in [1.165, 1.54) is 12.1 Å². The quantitative estimate of drug-likeness (QED) is 0.785. The Morgan fingerprint density at radius 2 is 1.77 bits per heavy atom. The molecule has 22 heavy (non-hydrogen) atoms. The monoisotopic (exact) mass is 363 g/mol. The van der Waals surface area contributed by atoms with E-state index >= 15 is 0 Å². The maximum atomic E-state index is 12.9. The van der Waals surface area contributed by atoms with Gasteiger partial charge in [-0.05, 0) is 48.4 Å². The fourth-order valence-corrected chi connectivity index (χ4v) is 2.67. The molecule has 0 radical (unpaired) electrons. The molecule has 1 saturated heterocycles. The van der Waals surface area contributed by atoms with Crippen molar-refractivity contribution in [2.75, 3.05) is 5.32 Å². The summed E-state index contributed by atoms with van der Waals surface area (Å²) >= 11 is 3.35. The molecule has 3 rings (SSSR count). The summed E-state index contributed by atoms with van der Waals surface area (Å²) in [6, 6.07) is 13.4. The van der Waals surface area contributed by atoms with E-state index in [-0.39, 0.29) is 23.8 Å². The topological polar surface area (TPSA) is 53.2 Å². The number of rotatable bonds is 3. The number of benzene rings is 2. The zero-order chi connectivity index (χ0) is 15.5. The van der Waals surface area contributed by atoms with Gasteiger partial charge < -0.3 is 5.32 Å². The Balaban J connectivity index is 1.61. The van der Waals surface area contributed by atoms with Crippen molar-refractivity contribution < 1.29 is 9.18 Å². The number of nitrogens with one attached hydrogen (secondary N) is 3. The zero-order valence-corrected chi connectivity index (χ0v) is 13.2. The molecule has 6 heteroatoms. The molecule has 4 nitrogen and oxygen atoms in total. The minimum atomic E-state index is -0.335. The molecule has 1 amide bonds. The third kappa shape index (κ3) is 3.52. The van der Waals surface area contributed by atoms with Gasteiger partial charge in [0.15, 0.2) is 0 Å². The molecule has 1 aliphatic rings. The average molecular weight is 364 g/mol.